The Bertz CT molecular complexity index is 509. The summed E-state index contributed by atoms with van der Waals surface area (Å²) in [5.41, 5.74) is 3.99. The molecule has 0 heterocycles. The van der Waals surface area contributed by atoms with Gasteiger partial charge in [-0.15, -0.1) is 24.0 Å². The van der Waals surface area contributed by atoms with Gasteiger partial charge in [0, 0.05) is 27.2 Å². The van der Waals surface area contributed by atoms with E-state index in [4.69, 9.17) is 0 Å². The lowest BCUT2D eigenvalue weighted by Crippen LogP contribution is -2.39. The molecule has 130 valence electrons. The van der Waals surface area contributed by atoms with Gasteiger partial charge < -0.3 is 15.5 Å². The van der Waals surface area contributed by atoms with E-state index in [0.29, 0.717) is 5.96 Å². The quantitative estimate of drug-likeness (QED) is 0.412. The van der Waals surface area contributed by atoms with Crippen LogP contribution in [0.3, 0.4) is 0 Å². The van der Waals surface area contributed by atoms with Crippen LogP contribution >= 0.6 is 24.0 Å². The van der Waals surface area contributed by atoms with Crippen molar-refractivity contribution in [1.82, 2.24) is 15.5 Å². The molecule has 0 fully saturated rings. The summed E-state index contributed by atoms with van der Waals surface area (Å²) in [4.78, 5) is 17.5. The van der Waals surface area contributed by atoms with E-state index in [9.17, 15) is 4.79 Å². The van der Waals surface area contributed by atoms with Crippen LogP contribution in [0, 0.1) is 13.8 Å². The number of carbonyl (C=O) groups is 1. The van der Waals surface area contributed by atoms with Crippen molar-refractivity contribution in [3.05, 3.63) is 34.9 Å². The molecule has 1 aromatic rings. The number of benzene rings is 1. The molecule has 0 saturated carbocycles. The van der Waals surface area contributed by atoms with E-state index in [1.807, 2.05) is 6.92 Å². The molecule has 0 radical (unpaired) electrons. The fourth-order valence-electron chi connectivity index (χ4n) is 2.18. The summed E-state index contributed by atoms with van der Waals surface area (Å²) in [5.74, 6) is 0.677. The maximum absolute atomic E-state index is 11.6. The van der Waals surface area contributed by atoms with Crippen LogP contribution in [-0.2, 0) is 11.2 Å². The Morgan fingerprint density at radius 2 is 1.78 bits per heavy atom. The third-order valence-corrected chi connectivity index (χ3v) is 3.53. The van der Waals surface area contributed by atoms with Crippen LogP contribution in [0.25, 0.3) is 0 Å². The minimum Gasteiger partial charge on any atom is -0.357 e. The average Bonchev–Trinajstić information content (AvgIpc) is 2.47. The molecule has 1 amide bonds. The predicted molar refractivity (Wildman–Crippen MR) is 108 cm³/mol. The first-order chi connectivity index (χ1) is 10.5. The standard InChI is InChI=1S/C17H28N4O.HI/c1-6-18-17(20-12-16(22)21(4)5)19-11-10-15-13(2)8-7-9-14(15)3;/h7-9H,6,10-12H2,1-5H3,(H2,18,19,20);1H. The molecule has 0 aromatic heterocycles. The van der Waals surface area contributed by atoms with Gasteiger partial charge in [-0.1, -0.05) is 18.2 Å². The first kappa shape index (κ1) is 21.7. The van der Waals surface area contributed by atoms with Crippen molar-refractivity contribution in [2.75, 3.05) is 33.7 Å². The minimum absolute atomic E-state index is 0. The van der Waals surface area contributed by atoms with Crippen LogP contribution in [0.2, 0.25) is 0 Å². The van der Waals surface area contributed by atoms with Gasteiger partial charge >= 0.3 is 0 Å². The number of nitrogens with zero attached hydrogens (tertiary/aromatic N) is 2. The zero-order chi connectivity index (χ0) is 16.5. The summed E-state index contributed by atoms with van der Waals surface area (Å²) in [6.45, 7) is 8.00. The third kappa shape index (κ3) is 7.67. The largest absolute Gasteiger partial charge is 0.357 e. The molecule has 0 aliphatic carbocycles. The first-order valence-electron chi connectivity index (χ1n) is 7.73. The molecule has 0 saturated heterocycles. The predicted octanol–water partition coefficient (Wildman–Crippen LogP) is 2.11. The normalized spacial score (nSPS) is 10.7. The molecular weight excluding hydrogens is 403 g/mol. The second kappa shape index (κ2) is 11.3. The number of hydrogen-bond donors (Lipinski definition) is 2. The number of rotatable bonds is 6. The topological polar surface area (TPSA) is 56.7 Å². The molecule has 0 atom stereocenters. The lowest BCUT2D eigenvalue weighted by molar-refractivity contribution is -0.127. The molecule has 0 aliphatic rings. The highest BCUT2D eigenvalue weighted by molar-refractivity contribution is 14.0. The van der Waals surface area contributed by atoms with Gasteiger partial charge in [-0.3, -0.25) is 4.79 Å². The van der Waals surface area contributed by atoms with Gasteiger partial charge in [0.25, 0.3) is 0 Å². The van der Waals surface area contributed by atoms with E-state index in [0.717, 1.165) is 19.5 Å². The Hall–Kier alpha value is -1.31. The molecule has 1 rings (SSSR count). The van der Waals surface area contributed by atoms with Gasteiger partial charge in [-0.2, -0.15) is 0 Å². The van der Waals surface area contributed by atoms with Crippen molar-refractivity contribution in [1.29, 1.82) is 0 Å². The van der Waals surface area contributed by atoms with Gasteiger partial charge in [-0.05, 0) is 43.9 Å². The molecule has 0 unspecified atom stereocenters. The van der Waals surface area contributed by atoms with Crippen LogP contribution in [0.15, 0.2) is 23.2 Å². The minimum atomic E-state index is -0.00745. The van der Waals surface area contributed by atoms with Crippen LogP contribution in [0.5, 0.6) is 0 Å². The number of guanidine groups is 1. The Kier molecular flexibility index (Phi) is 10.6. The maximum Gasteiger partial charge on any atom is 0.243 e. The van der Waals surface area contributed by atoms with Crippen molar-refractivity contribution in [2.45, 2.75) is 27.2 Å². The molecule has 1 aromatic carbocycles. The van der Waals surface area contributed by atoms with Crippen LogP contribution in [0.4, 0.5) is 0 Å². The van der Waals surface area contributed by atoms with E-state index in [-0.39, 0.29) is 36.4 Å². The van der Waals surface area contributed by atoms with Crippen LogP contribution < -0.4 is 10.6 Å². The summed E-state index contributed by atoms with van der Waals surface area (Å²) < 4.78 is 0. The van der Waals surface area contributed by atoms with E-state index < -0.39 is 0 Å². The smallest absolute Gasteiger partial charge is 0.243 e. The number of nitrogens with one attached hydrogen (secondary N) is 2. The van der Waals surface area contributed by atoms with Gasteiger partial charge in [0.2, 0.25) is 5.91 Å². The van der Waals surface area contributed by atoms with Gasteiger partial charge in [0.15, 0.2) is 5.96 Å². The molecular formula is C17H29IN4O. The number of amides is 1. The zero-order valence-electron chi connectivity index (χ0n) is 14.8. The summed E-state index contributed by atoms with van der Waals surface area (Å²) in [6, 6.07) is 6.36. The molecule has 2 N–H and O–H groups in total. The number of halogens is 1. The van der Waals surface area contributed by atoms with E-state index in [1.54, 1.807) is 19.0 Å². The van der Waals surface area contributed by atoms with Gasteiger partial charge in [0.1, 0.15) is 6.54 Å². The average molecular weight is 432 g/mol. The summed E-state index contributed by atoms with van der Waals surface area (Å²) in [5, 5.41) is 6.45. The monoisotopic (exact) mass is 432 g/mol. The van der Waals surface area contributed by atoms with Crippen molar-refractivity contribution in [3.8, 4) is 0 Å². The second-order valence-corrected chi connectivity index (χ2v) is 5.53. The number of likely N-dealkylation sites (N-methyl/N-ethyl adjacent to an activating group) is 1. The van der Waals surface area contributed by atoms with E-state index >= 15 is 0 Å². The fraction of sp³-hybridized carbons (Fsp3) is 0.529. The highest BCUT2D eigenvalue weighted by Crippen LogP contribution is 2.13. The lowest BCUT2D eigenvalue weighted by atomic mass is 10.0. The zero-order valence-corrected chi connectivity index (χ0v) is 17.1. The van der Waals surface area contributed by atoms with Crippen molar-refractivity contribution < 1.29 is 4.79 Å². The number of carbonyl (C=O) groups excluding carboxylic acids is 1. The summed E-state index contributed by atoms with van der Waals surface area (Å²) in [7, 11) is 3.47. The Labute approximate surface area is 157 Å². The molecule has 23 heavy (non-hydrogen) atoms. The Morgan fingerprint density at radius 1 is 1.17 bits per heavy atom. The van der Waals surface area contributed by atoms with Crippen molar-refractivity contribution in [2.24, 2.45) is 4.99 Å². The SMILES string of the molecule is CCNC(=NCC(=O)N(C)C)NCCc1c(C)cccc1C.I. The van der Waals surface area contributed by atoms with Gasteiger partial charge in [-0.25, -0.2) is 4.99 Å². The Morgan fingerprint density at radius 3 is 2.30 bits per heavy atom. The highest BCUT2D eigenvalue weighted by Gasteiger charge is 2.05. The summed E-state index contributed by atoms with van der Waals surface area (Å²) >= 11 is 0. The molecule has 0 bridgehead atoms. The maximum atomic E-state index is 11.6. The van der Waals surface area contributed by atoms with Crippen LogP contribution in [-0.4, -0.2) is 50.5 Å². The molecule has 0 spiro atoms. The fourth-order valence-corrected chi connectivity index (χ4v) is 2.18. The number of aliphatic imine (C=N–C) groups is 1. The number of hydrogen-bond acceptors (Lipinski definition) is 2. The Balaban J connectivity index is 0.00000484. The van der Waals surface area contributed by atoms with Crippen molar-refractivity contribution >= 4 is 35.8 Å². The molecule has 6 heteroatoms. The lowest BCUT2D eigenvalue weighted by Gasteiger charge is -2.14. The highest BCUT2D eigenvalue weighted by atomic mass is 127. The van der Waals surface area contributed by atoms with E-state index in [2.05, 4.69) is 47.7 Å². The number of aryl methyl sites for hydroxylation is 2. The summed E-state index contributed by atoms with van der Waals surface area (Å²) in [6.07, 6.45) is 0.935. The van der Waals surface area contributed by atoms with Crippen molar-refractivity contribution in [3.63, 3.8) is 0 Å². The second-order valence-electron chi connectivity index (χ2n) is 5.53. The first-order valence-corrected chi connectivity index (χ1v) is 7.73. The molecule has 5 nitrogen and oxygen atoms in total. The van der Waals surface area contributed by atoms with Gasteiger partial charge in [0.05, 0.1) is 0 Å². The van der Waals surface area contributed by atoms with Crippen LogP contribution in [0.1, 0.15) is 23.6 Å². The van der Waals surface area contributed by atoms with E-state index in [1.165, 1.54) is 16.7 Å². The molecule has 0 aliphatic heterocycles. The third-order valence-electron chi connectivity index (χ3n) is 3.53.